The van der Waals surface area contributed by atoms with E-state index in [1.54, 1.807) is 30.1 Å². The van der Waals surface area contributed by atoms with Crippen LogP contribution in [0.2, 0.25) is 0 Å². The number of nitrogens with zero attached hydrogens (tertiary/aromatic N) is 2. The summed E-state index contributed by atoms with van der Waals surface area (Å²) >= 11 is 0. The average molecular weight is 251 g/mol. The Morgan fingerprint density at radius 3 is 2.78 bits per heavy atom. The molecule has 0 saturated carbocycles. The van der Waals surface area contributed by atoms with Crippen molar-refractivity contribution in [3.63, 3.8) is 0 Å². The molecule has 0 spiro atoms. The maximum absolute atomic E-state index is 13.8. The second-order valence-corrected chi connectivity index (χ2v) is 3.94. The lowest BCUT2D eigenvalue weighted by Crippen LogP contribution is -2.22. The van der Waals surface area contributed by atoms with Gasteiger partial charge in [0.2, 0.25) is 0 Å². The maximum Gasteiger partial charge on any atom is 0.163 e. The van der Waals surface area contributed by atoms with Crippen molar-refractivity contribution in [2.75, 3.05) is 7.05 Å². The van der Waals surface area contributed by atoms with Gasteiger partial charge < -0.3 is 5.32 Å². The zero-order chi connectivity index (χ0) is 13.1. The van der Waals surface area contributed by atoms with Crippen LogP contribution in [0, 0.1) is 11.6 Å². The van der Waals surface area contributed by atoms with Crippen molar-refractivity contribution in [1.82, 2.24) is 15.1 Å². The molecular formula is C13H15F2N3. The molecule has 1 aromatic carbocycles. The predicted molar refractivity (Wildman–Crippen MR) is 65.2 cm³/mol. The second-order valence-electron chi connectivity index (χ2n) is 3.94. The fourth-order valence-electron chi connectivity index (χ4n) is 2.06. The van der Waals surface area contributed by atoms with Crippen molar-refractivity contribution in [1.29, 1.82) is 0 Å². The highest BCUT2D eigenvalue weighted by Gasteiger charge is 2.21. The minimum Gasteiger partial charge on any atom is -0.308 e. The number of aryl methyl sites for hydroxylation is 1. The van der Waals surface area contributed by atoms with Gasteiger partial charge in [0.1, 0.15) is 0 Å². The number of benzene rings is 1. The van der Waals surface area contributed by atoms with E-state index in [9.17, 15) is 8.78 Å². The van der Waals surface area contributed by atoms with E-state index in [0.29, 0.717) is 6.54 Å². The highest BCUT2D eigenvalue weighted by atomic mass is 19.2. The molecule has 0 radical (unpaired) electrons. The van der Waals surface area contributed by atoms with Crippen LogP contribution in [0.1, 0.15) is 24.2 Å². The van der Waals surface area contributed by atoms with Gasteiger partial charge in [-0.1, -0.05) is 12.1 Å². The van der Waals surface area contributed by atoms with E-state index in [1.807, 2.05) is 6.92 Å². The first kappa shape index (κ1) is 12.7. The second kappa shape index (κ2) is 5.27. The molecule has 3 nitrogen and oxygen atoms in total. The minimum atomic E-state index is -0.838. The van der Waals surface area contributed by atoms with Gasteiger partial charge in [0.25, 0.3) is 0 Å². The summed E-state index contributed by atoms with van der Waals surface area (Å²) < 4.78 is 28.9. The average Bonchev–Trinajstić information content (AvgIpc) is 2.83. The standard InChI is InChI=1S/C13H15F2N3/c1-3-18-11(7-8-17-18)13(16-2)9-5-4-6-10(14)12(9)15/h4-8,13,16H,3H2,1-2H3. The van der Waals surface area contributed by atoms with Crippen LogP contribution in [-0.2, 0) is 6.54 Å². The molecule has 1 atom stereocenters. The van der Waals surface area contributed by atoms with Gasteiger partial charge >= 0.3 is 0 Å². The summed E-state index contributed by atoms with van der Waals surface area (Å²) in [5, 5.41) is 7.14. The summed E-state index contributed by atoms with van der Waals surface area (Å²) in [4.78, 5) is 0. The van der Waals surface area contributed by atoms with E-state index in [0.717, 1.165) is 11.8 Å². The summed E-state index contributed by atoms with van der Waals surface area (Å²) in [6.45, 7) is 2.63. The molecule has 0 aliphatic heterocycles. The lowest BCUT2D eigenvalue weighted by Gasteiger charge is -2.18. The van der Waals surface area contributed by atoms with Crippen LogP contribution in [-0.4, -0.2) is 16.8 Å². The molecule has 0 aliphatic carbocycles. The smallest absolute Gasteiger partial charge is 0.163 e. The van der Waals surface area contributed by atoms with E-state index in [2.05, 4.69) is 10.4 Å². The fourth-order valence-corrected chi connectivity index (χ4v) is 2.06. The summed E-state index contributed by atoms with van der Waals surface area (Å²) in [6.07, 6.45) is 1.65. The quantitative estimate of drug-likeness (QED) is 0.904. The predicted octanol–water partition coefficient (Wildman–Crippen LogP) is 2.49. The van der Waals surface area contributed by atoms with Crippen LogP contribution in [0.15, 0.2) is 30.5 Å². The van der Waals surface area contributed by atoms with Crippen molar-refractivity contribution >= 4 is 0 Å². The third-order valence-corrected chi connectivity index (χ3v) is 2.93. The van der Waals surface area contributed by atoms with Crippen LogP contribution >= 0.6 is 0 Å². The van der Waals surface area contributed by atoms with Crippen LogP contribution in [0.25, 0.3) is 0 Å². The third-order valence-electron chi connectivity index (χ3n) is 2.93. The first-order valence-corrected chi connectivity index (χ1v) is 5.82. The van der Waals surface area contributed by atoms with Gasteiger partial charge in [0.15, 0.2) is 11.6 Å². The van der Waals surface area contributed by atoms with E-state index >= 15 is 0 Å². The Labute approximate surface area is 104 Å². The third kappa shape index (κ3) is 2.13. The Balaban J connectivity index is 2.49. The zero-order valence-corrected chi connectivity index (χ0v) is 10.3. The van der Waals surface area contributed by atoms with E-state index in [4.69, 9.17) is 0 Å². The summed E-state index contributed by atoms with van der Waals surface area (Å²) in [7, 11) is 1.71. The van der Waals surface area contributed by atoms with Crippen molar-refractivity contribution in [3.05, 3.63) is 53.4 Å². The number of nitrogens with one attached hydrogen (secondary N) is 1. The Morgan fingerprint density at radius 2 is 2.11 bits per heavy atom. The molecule has 0 bridgehead atoms. The van der Waals surface area contributed by atoms with E-state index in [1.165, 1.54) is 6.07 Å². The number of hydrogen-bond donors (Lipinski definition) is 1. The number of rotatable bonds is 4. The maximum atomic E-state index is 13.8. The zero-order valence-electron chi connectivity index (χ0n) is 10.3. The Bertz CT molecular complexity index is 537. The number of hydrogen-bond acceptors (Lipinski definition) is 2. The Morgan fingerprint density at radius 1 is 1.33 bits per heavy atom. The van der Waals surface area contributed by atoms with Gasteiger partial charge in [-0.3, -0.25) is 4.68 Å². The molecule has 0 amide bonds. The van der Waals surface area contributed by atoms with Crippen LogP contribution < -0.4 is 5.32 Å². The topological polar surface area (TPSA) is 29.9 Å². The molecular weight excluding hydrogens is 236 g/mol. The van der Waals surface area contributed by atoms with Gasteiger partial charge in [-0.2, -0.15) is 5.10 Å². The first-order valence-electron chi connectivity index (χ1n) is 5.82. The largest absolute Gasteiger partial charge is 0.308 e. The van der Waals surface area contributed by atoms with Crippen molar-refractivity contribution in [2.24, 2.45) is 0 Å². The lowest BCUT2D eigenvalue weighted by molar-refractivity contribution is 0.478. The lowest BCUT2D eigenvalue weighted by atomic mass is 10.0. The van der Waals surface area contributed by atoms with Gasteiger partial charge in [-0.25, -0.2) is 8.78 Å². The molecule has 0 saturated heterocycles. The monoisotopic (exact) mass is 251 g/mol. The molecule has 18 heavy (non-hydrogen) atoms. The molecule has 1 aromatic heterocycles. The molecule has 2 rings (SSSR count). The van der Waals surface area contributed by atoms with Crippen molar-refractivity contribution in [2.45, 2.75) is 19.5 Å². The van der Waals surface area contributed by atoms with Crippen LogP contribution in [0.4, 0.5) is 8.78 Å². The van der Waals surface area contributed by atoms with E-state index < -0.39 is 17.7 Å². The molecule has 0 fully saturated rings. The van der Waals surface area contributed by atoms with Crippen LogP contribution in [0.5, 0.6) is 0 Å². The summed E-state index contributed by atoms with van der Waals surface area (Å²) in [5.41, 5.74) is 1.09. The van der Waals surface area contributed by atoms with Crippen molar-refractivity contribution < 1.29 is 8.78 Å². The van der Waals surface area contributed by atoms with Gasteiger partial charge in [0.05, 0.1) is 11.7 Å². The highest BCUT2D eigenvalue weighted by Crippen LogP contribution is 2.25. The summed E-state index contributed by atoms with van der Waals surface area (Å²) in [5.74, 6) is -1.66. The van der Waals surface area contributed by atoms with Crippen LogP contribution in [0.3, 0.4) is 0 Å². The SMILES string of the molecule is CCn1nccc1C(NC)c1cccc(F)c1F. The molecule has 2 aromatic rings. The number of halogens is 2. The molecule has 0 aliphatic rings. The highest BCUT2D eigenvalue weighted by molar-refractivity contribution is 5.29. The molecule has 5 heteroatoms. The van der Waals surface area contributed by atoms with Crippen molar-refractivity contribution in [3.8, 4) is 0 Å². The fraction of sp³-hybridized carbons (Fsp3) is 0.308. The molecule has 96 valence electrons. The minimum absolute atomic E-state index is 0.285. The normalized spacial score (nSPS) is 12.7. The number of aromatic nitrogens is 2. The Hall–Kier alpha value is -1.75. The summed E-state index contributed by atoms with van der Waals surface area (Å²) in [6, 6.07) is 5.58. The molecule has 1 heterocycles. The van der Waals surface area contributed by atoms with Gasteiger partial charge in [-0.05, 0) is 26.1 Å². The molecule has 1 unspecified atom stereocenters. The van der Waals surface area contributed by atoms with Gasteiger partial charge in [0, 0.05) is 18.3 Å². The van der Waals surface area contributed by atoms with Gasteiger partial charge in [-0.15, -0.1) is 0 Å². The molecule has 1 N–H and O–H groups in total. The van der Waals surface area contributed by atoms with E-state index in [-0.39, 0.29) is 5.56 Å². The first-order chi connectivity index (χ1) is 8.69. The Kier molecular flexibility index (Phi) is 3.72.